The average molecular weight is 240 g/mol. The minimum absolute atomic E-state index is 0.262. The van der Waals surface area contributed by atoms with Gasteiger partial charge in [-0.05, 0) is 13.0 Å². The van der Waals surface area contributed by atoms with Crippen LogP contribution in [0, 0.1) is 6.92 Å². The number of hydrogen-bond donors (Lipinski definition) is 1. The third kappa shape index (κ3) is 2.38. The lowest BCUT2D eigenvalue weighted by molar-refractivity contribution is -0.138. The van der Waals surface area contributed by atoms with Crippen LogP contribution in [0.4, 0.5) is 13.2 Å². The smallest absolute Gasteiger partial charge is 0.417 e. The third-order valence-corrected chi connectivity index (χ3v) is 1.88. The highest BCUT2D eigenvalue weighted by Gasteiger charge is 2.37. The number of carboxylic acid groups (broad SMARTS) is 1. The Kier molecular flexibility index (Phi) is 2.90. The van der Waals surface area contributed by atoms with E-state index in [4.69, 9.17) is 16.7 Å². The first kappa shape index (κ1) is 11.8. The van der Waals surface area contributed by atoms with Crippen LogP contribution >= 0.6 is 11.6 Å². The Hall–Kier alpha value is -1.30. The highest BCUT2D eigenvalue weighted by molar-refractivity contribution is 6.29. The predicted octanol–water partition coefficient (Wildman–Crippen LogP) is 2.76. The zero-order valence-corrected chi connectivity index (χ0v) is 8.15. The molecule has 0 amide bonds. The van der Waals surface area contributed by atoms with E-state index < -0.39 is 23.3 Å². The first-order valence-electron chi connectivity index (χ1n) is 3.71. The van der Waals surface area contributed by atoms with E-state index in [1.54, 1.807) is 0 Å². The van der Waals surface area contributed by atoms with Gasteiger partial charge in [-0.1, -0.05) is 11.6 Å². The number of aromatic carboxylic acids is 1. The van der Waals surface area contributed by atoms with E-state index in [-0.39, 0.29) is 10.8 Å². The van der Waals surface area contributed by atoms with Crippen LogP contribution in [0.1, 0.15) is 21.6 Å². The molecule has 0 aliphatic rings. The van der Waals surface area contributed by atoms with Gasteiger partial charge in [0.15, 0.2) is 0 Å². The summed E-state index contributed by atoms with van der Waals surface area (Å²) < 4.78 is 37.3. The fourth-order valence-electron chi connectivity index (χ4n) is 1.13. The van der Waals surface area contributed by atoms with Crippen molar-refractivity contribution in [1.82, 2.24) is 4.98 Å². The van der Waals surface area contributed by atoms with Crippen LogP contribution in [0.15, 0.2) is 6.07 Å². The van der Waals surface area contributed by atoms with Crippen molar-refractivity contribution in [1.29, 1.82) is 0 Å². The summed E-state index contributed by atoms with van der Waals surface area (Å²) in [6.07, 6.45) is -4.76. The normalized spacial score (nSPS) is 11.5. The molecule has 15 heavy (non-hydrogen) atoms. The Bertz CT molecular complexity index is 417. The van der Waals surface area contributed by atoms with Gasteiger partial charge in [-0.25, -0.2) is 9.78 Å². The van der Waals surface area contributed by atoms with Gasteiger partial charge >= 0.3 is 12.1 Å². The van der Waals surface area contributed by atoms with Crippen LogP contribution in [0.5, 0.6) is 0 Å². The molecule has 0 fully saturated rings. The van der Waals surface area contributed by atoms with Gasteiger partial charge in [0.1, 0.15) is 5.15 Å². The summed E-state index contributed by atoms with van der Waals surface area (Å²) >= 11 is 5.33. The molecule has 7 heteroatoms. The van der Waals surface area contributed by atoms with Gasteiger partial charge in [0.05, 0.1) is 16.8 Å². The van der Waals surface area contributed by atoms with Crippen LogP contribution < -0.4 is 0 Å². The largest absolute Gasteiger partial charge is 0.478 e. The van der Waals surface area contributed by atoms with Crippen molar-refractivity contribution < 1.29 is 23.1 Å². The van der Waals surface area contributed by atoms with Gasteiger partial charge in [-0.2, -0.15) is 13.2 Å². The maximum absolute atomic E-state index is 12.4. The topological polar surface area (TPSA) is 50.2 Å². The quantitative estimate of drug-likeness (QED) is 0.767. The Morgan fingerprint density at radius 3 is 2.47 bits per heavy atom. The molecule has 82 valence electrons. The SMILES string of the molecule is Cc1nc(Cl)cc(C(F)(F)F)c1C(=O)O. The molecule has 1 heterocycles. The van der Waals surface area contributed by atoms with E-state index in [0.717, 1.165) is 6.92 Å². The molecule has 0 atom stereocenters. The minimum atomic E-state index is -4.76. The molecule has 0 aromatic carbocycles. The summed E-state index contributed by atoms with van der Waals surface area (Å²) in [6.45, 7) is 1.16. The van der Waals surface area contributed by atoms with Gasteiger partial charge in [0.2, 0.25) is 0 Å². The molecule has 0 aliphatic carbocycles. The second-order valence-electron chi connectivity index (χ2n) is 2.76. The van der Waals surface area contributed by atoms with E-state index in [2.05, 4.69) is 4.98 Å². The van der Waals surface area contributed by atoms with Gasteiger partial charge in [0, 0.05) is 0 Å². The van der Waals surface area contributed by atoms with E-state index in [9.17, 15) is 18.0 Å². The lowest BCUT2D eigenvalue weighted by Gasteiger charge is -2.11. The van der Waals surface area contributed by atoms with Crippen molar-refractivity contribution >= 4 is 17.6 Å². The number of pyridine rings is 1. The summed E-state index contributed by atoms with van der Waals surface area (Å²) in [4.78, 5) is 14.1. The van der Waals surface area contributed by atoms with Crippen molar-refractivity contribution in [3.05, 3.63) is 28.0 Å². The van der Waals surface area contributed by atoms with Crippen LogP contribution in [-0.4, -0.2) is 16.1 Å². The molecular formula is C8H5ClF3NO2. The third-order valence-electron chi connectivity index (χ3n) is 1.69. The number of carbonyl (C=O) groups is 1. The highest BCUT2D eigenvalue weighted by Crippen LogP contribution is 2.34. The summed E-state index contributed by atoms with van der Waals surface area (Å²) in [5, 5.41) is 8.23. The molecule has 0 saturated carbocycles. The standard InChI is InChI=1S/C8H5ClF3NO2/c1-3-6(7(14)15)4(8(10,11)12)2-5(9)13-3/h2H,1H3,(H,14,15). The Morgan fingerprint density at radius 1 is 1.53 bits per heavy atom. The van der Waals surface area contributed by atoms with Crippen molar-refractivity contribution in [3.63, 3.8) is 0 Å². The molecule has 3 nitrogen and oxygen atoms in total. The number of aryl methyl sites for hydroxylation is 1. The lowest BCUT2D eigenvalue weighted by atomic mass is 10.1. The molecule has 0 bridgehead atoms. The fraction of sp³-hybridized carbons (Fsp3) is 0.250. The second-order valence-corrected chi connectivity index (χ2v) is 3.14. The zero-order chi connectivity index (χ0) is 11.8. The minimum Gasteiger partial charge on any atom is -0.478 e. The maximum atomic E-state index is 12.4. The molecule has 1 aromatic rings. The Balaban J connectivity index is 3.54. The molecule has 0 spiro atoms. The van der Waals surface area contributed by atoms with Crippen LogP contribution in [0.2, 0.25) is 5.15 Å². The first-order valence-corrected chi connectivity index (χ1v) is 4.09. The number of aromatic nitrogens is 1. The highest BCUT2D eigenvalue weighted by atomic mass is 35.5. The molecule has 0 saturated heterocycles. The number of hydrogen-bond acceptors (Lipinski definition) is 2. The first-order chi connectivity index (χ1) is 6.73. The van der Waals surface area contributed by atoms with Gasteiger partial charge in [-0.3, -0.25) is 0 Å². The van der Waals surface area contributed by atoms with E-state index in [0.29, 0.717) is 6.07 Å². The number of halogens is 4. The lowest BCUT2D eigenvalue weighted by Crippen LogP contribution is -2.15. The van der Waals surface area contributed by atoms with Gasteiger partial charge in [0.25, 0.3) is 0 Å². The van der Waals surface area contributed by atoms with Crippen molar-refractivity contribution in [3.8, 4) is 0 Å². The summed E-state index contributed by atoms with van der Waals surface area (Å²) in [6, 6.07) is 0.498. The Labute approximate surface area is 87.5 Å². The molecule has 1 rings (SSSR count). The number of nitrogens with zero attached hydrogens (tertiary/aromatic N) is 1. The average Bonchev–Trinajstić information content (AvgIpc) is 1.99. The monoisotopic (exact) mass is 239 g/mol. The maximum Gasteiger partial charge on any atom is 0.417 e. The van der Waals surface area contributed by atoms with E-state index in [1.807, 2.05) is 0 Å². The molecule has 0 unspecified atom stereocenters. The molecule has 1 aromatic heterocycles. The van der Waals surface area contributed by atoms with Gasteiger partial charge < -0.3 is 5.11 Å². The van der Waals surface area contributed by atoms with Crippen molar-refractivity contribution in [2.24, 2.45) is 0 Å². The Morgan fingerprint density at radius 2 is 2.07 bits per heavy atom. The van der Waals surface area contributed by atoms with Crippen molar-refractivity contribution in [2.45, 2.75) is 13.1 Å². The van der Waals surface area contributed by atoms with E-state index >= 15 is 0 Å². The fourth-order valence-corrected chi connectivity index (χ4v) is 1.36. The second kappa shape index (κ2) is 3.69. The van der Waals surface area contributed by atoms with E-state index in [1.165, 1.54) is 0 Å². The number of carboxylic acids is 1. The van der Waals surface area contributed by atoms with Crippen LogP contribution in [0.3, 0.4) is 0 Å². The summed E-state index contributed by atoms with van der Waals surface area (Å²) in [5.74, 6) is -1.68. The summed E-state index contributed by atoms with van der Waals surface area (Å²) in [7, 11) is 0. The zero-order valence-electron chi connectivity index (χ0n) is 7.39. The van der Waals surface area contributed by atoms with Crippen LogP contribution in [-0.2, 0) is 6.18 Å². The van der Waals surface area contributed by atoms with Crippen LogP contribution in [0.25, 0.3) is 0 Å². The molecule has 1 N–H and O–H groups in total. The molecule has 0 radical (unpaired) electrons. The molecule has 0 aliphatic heterocycles. The number of rotatable bonds is 1. The van der Waals surface area contributed by atoms with Gasteiger partial charge in [-0.15, -0.1) is 0 Å². The predicted molar refractivity (Wildman–Crippen MR) is 45.9 cm³/mol. The summed E-state index contributed by atoms with van der Waals surface area (Å²) in [5.41, 5.74) is -2.42. The number of alkyl halides is 3. The molecular weight excluding hydrogens is 235 g/mol. The van der Waals surface area contributed by atoms with Crippen molar-refractivity contribution in [2.75, 3.05) is 0 Å².